The molecule has 0 bridgehead atoms. The Morgan fingerprint density at radius 1 is 1.12 bits per heavy atom. The molecule has 0 radical (unpaired) electrons. The SMILES string of the molecule is OC[C@@H]1O[C@H](O[C@@H]2OC=C[C@@H]3[C@H]2[C@](O)(CCl)C[C@H]3O)[C@@H](O)[C@H](O)[C@H]1O. The molecular weight excluding hydrogens is 360 g/mol. The van der Waals surface area contributed by atoms with Gasteiger partial charge in [0.2, 0.25) is 6.29 Å². The number of ether oxygens (including phenoxy) is 3. The van der Waals surface area contributed by atoms with Crippen LogP contribution in [0.4, 0.5) is 0 Å². The molecule has 6 N–H and O–H groups in total. The van der Waals surface area contributed by atoms with E-state index >= 15 is 0 Å². The van der Waals surface area contributed by atoms with E-state index in [1.54, 1.807) is 6.08 Å². The Labute approximate surface area is 149 Å². The lowest BCUT2D eigenvalue weighted by molar-refractivity contribution is -0.346. The van der Waals surface area contributed by atoms with E-state index in [2.05, 4.69) is 0 Å². The maximum Gasteiger partial charge on any atom is 0.208 e. The average molecular weight is 383 g/mol. The molecule has 10 heteroatoms. The lowest BCUT2D eigenvalue weighted by Crippen LogP contribution is -2.60. The van der Waals surface area contributed by atoms with Crippen LogP contribution < -0.4 is 0 Å². The van der Waals surface area contributed by atoms with Crippen LogP contribution in [0.15, 0.2) is 12.3 Å². The first kappa shape index (κ1) is 19.3. The van der Waals surface area contributed by atoms with E-state index in [9.17, 15) is 30.6 Å². The van der Waals surface area contributed by atoms with E-state index in [4.69, 9.17) is 25.8 Å². The minimum atomic E-state index is -1.60. The van der Waals surface area contributed by atoms with E-state index < -0.39 is 67.1 Å². The molecule has 0 aromatic heterocycles. The van der Waals surface area contributed by atoms with Gasteiger partial charge in [-0.25, -0.2) is 0 Å². The highest BCUT2D eigenvalue weighted by Gasteiger charge is 2.58. The molecule has 1 aliphatic carbocycles. The van der Waals surface area contributed by atoms with Crippen molar-refractivity contribution in [3.63, 3.8) is 0 Å². The number of aliphatic hydroxyl groups is 6. The zero-order valence-corrected chi connectivity index (χ0v) is 14.0. The Morgan fingerprint density at radius 3 is 2.48 bits per heavy atom. The Kier molecular flexibility index (Phi) is 5.60. The van der Waals surface area contributed by atoms with Gasteiger partial charge in [0, 0.05) is 12.3 Å². The number of hydrogen-bond acceptors (Lipinski definition) is 9. The van der Waals surface area contributed by atoms with Gasteiger partial charge in [0.05, 0.1) is 36.4 Å². The van der Waals surface area contributed by atoms with Crippen molar-refractivity contribution in [3.05, 3.63) is 12.3 Å². The minimum absolute atomic E-state index is 0.0358. The second-order valence-electron chi connectivity index (χ2n) is 6.78. The Morgan fingerprint density at radius 2 is 1.84 bits per heavy atom. The second kappa shape index (κ2) is 7.26. The number of hydrogen-bond donors (Lipinski definition) is 6. The van der Waals surface area contributed by atoms with Crippen LogP contribution in [0.25, 0.3) is 0 Å². The Bertz CT molecular complexity index is 503. The molecule has 0 spiro atoms. The number of halogens is 1. The lowest BCUT2D eigenvalue weighted by Gasteiger charge is -2.43. The number of alkyl halides is 1. The van der Waals surface area contributed by atoms with Crippen molar-refractivity contribution in [1.29, 1.82) is 0 Å². The fraction of sp³-hybridized carbons (Fsp3) is 0.867. The molecule has 1 saturated heterocycles. The van der Waals surface area contributed by atoms with Gasteiger partial charge in [-0.3, -0.25) is 0 Å². The maximum atomic E-state index is 10.7. The molecule has 3 aliphatic rings. The highest BCUT2D eigenvalue weighted by molar-refractivity contribution is 6.18. The van der Waals surface area contributed by atoms with Gasteiger partial charge in [0.15, 0.2) is 6.29 Å². The van der Waals surface area contributed by atoms with Crippen molar-refractivity contribution in [2.45, 2.75) is 55.1 Å². The Balaban J connectivity index is 1.78. The molecule has 3 rings (SSSR count). The largest absolute Gasteiger partial charge is 0.472 e. The van der Waals surface area contributed by atoms with Gasteiger partial charge < -0.3 is 44.8 Å². The van der Waals surface area contributed by atoms with E-state index in [1.807, 2.05) is 0 Å². The summed E-state index contributed by atoms with van der Waals surface area (Å²) in [6.07, 6.45) is -6.22. The maximum absolute atomic E-state index is 10.7. The molecule has 2 aliphatic heterocycles. The molecule has 144 valence electrons. The minimum Gasteiger partial charge on any atom is -0.472 e. The summed E-state index contributed by atoms with van der Waals surface area (Å²) in [5, 5.41) is 59.8. The molecule has 2 heterocycles. The molecule has 25 heavy (non-hydrogen) atoms. The van der Waals surface area contributed by atoms with Gasteiger partial charge in [0.1, 0.15) is 24.4 Å². The normalized spacial score (nSPS) is 52.7. The van der Waals surface area contributed by atoms with Crippen molar-refractivity contribution in [1.82, 2.24) is 0 Å². The smallest absolute Gasteiger partial charge is 0.208 e. The average Bonchev–Trinajstić information content (AvgIpc) is 2.88. The zero-order valence-electron chi connectivity index (χ0n) is 13.3. The van der Waals surface area contributed by atoms with E-state index in [0.717, 1.165) is 0 Å². The molecule has 0 amide bonds. The molecule has 1 saturated carbocycles. The molecule has 0 unspecified atom stereocenters. The molecule has 0 aromatic rings. The molecular formula is C15H23ClO9. The van der Waals surface area contributed by atoms with Crippen molar-refractivity contribution in [2.24, 2.45) is 11.8 Å². The summed E-state index contributed by atoms with van der Waals surface area (Å²) in [6, 6.07) is 0. The van der Waals surface area contributed by atoms with E-state index in [0.29, 0.717) is 0 Å². The summed E-state index contributed by atoms with van der Waals surface area (Å²) >= 11 is 5.88. The van der Waals surface area contributed by atoms with Crippen LogP contribution in [0.2, 0.25) is 0 Å². The van der Waals surface area contributed by atoms with Crippen molar-refractivity contribution in [2.75, 3.05) is 12.5 Å². The van der Waals surface area contributed by atoms with Gasteiger partial charge >= 0.3 is 0 Å². The summed E-state index contributed by atoms with van der Waals surface area (Å²) in [4.78, 5) is 0. The summed E-state index contributed by atoms with van der Waals surface area (Å²) < 4.78 is 16.3. The first-order valence-corrected chi connectivity index (χ1v) is 8.60. The quantitative estimate of drug-likeness (QED) is 0.293. The fourth-order valence-electron chi connectivity index (χ4n) is 3.79. The first-order valence-electron chi connectivity index (χ1n) is 8.07. The van der Waals surface area contributed by atoms with E-state index in [-0.39, 0.29) is 12.3 Å². The number of rotatable bonds is 4. The highest BCUT2D eigenvalue weighted by atomic mass is 35.5. The van der Waals surface area contributed by atoms with Crippen LogP contribution in [0.1, 0.15) is 6.42 Å². The summed E-state index contributed by atoms with van der Waals surface area (Å²) in [5.41, 5.74) is -1.45. The number of fused-ring (bicyclic) bond motifs is 1. The fourth-order valence-corrected chi connectivity index (χ4v) is 4.07. The molecule has 2 fully saturated rings. The monoisotopic (exact) mass is 382 g/mol. The summed E-state index contributed by atoms with van der Waals surface area (Å²) in [7, 11) is 0. The predicted molar refractivity (Wildman–Crippen MR) is 82.1 cm³/mol. The summed E-state index contributed by atoms with van der Waals surface area (Å²) in [6.45, 7) is -0.591. The third-order valence-electron chi connectivity index (χ3n) is 5.20. The van der Waals surface area contributed by atoms with Crippen molar-refractivity contribution < 1.29 is 44.8 Å². The van der Waals surface area contributed by atoms with Gasteiger partial charge in [0.25, 0.3) is 0 Å². The lowest BCUT2D eigenvalue weighted by atomic mass is 9.85. The van der Waals surface area contributed by atoms with Crippen LogP contribution in [-0.4, -0.2) is 91.8 Å². The van der Waals surface area contributed by atoms with Crippen LogP contribution >= 0.6 is 11.6 Å². The van der Waals surface area contributed by atoms with Crippen LogP contribution in [-0.2, 0) is 14.2 Å². The van der Waals surface area contributed by atoms with Crippen LogP contribution in [0.3, 0.4) is 0 Å². The standard InChI is InChI=1S/C15H23ClO9/c16-5-15(22)3-7(18)6-1-2-23-13(9(6)15)25-14-12(21)11(20)10(19)8(4-17)24-14/h1-2,6-14,17-22H,3-5H2/t6-,7+,8-,9+,10-,11+,12-,13-,14+,15+/m0/s1. The van der Waals surface area contributed by atoms with Crippen LogP contribution in [0, 0.1) is 11.8 Å². The molecule has 0 aromatic carbocycles. The first-order chi connectivity index (χ1) is 11.8. The number of aliphatic hydroxyl groups excluding tert-OH is 5. The Hall–Kier alpha value is -0.490. The van der Waals surface area contributed by atoms with Crippen LogP contribution in [0.5, 0.6) is 0 Å². The van der Waals surface area contributed by atoms with Gasteiger partial charge in [-0.15, -0.1) is 11.6 Å². The predicted octanol–water partition coefficient (Wildman–Crippen LogP) is -2.36. The molecule has 10 atom stereocenters. The van der Waals surface area contributed by atoms with Crippen molar-refractivity contribution >= 4 is 11.6 Å². The summed E-state index contributed by atoms with van der Waals surface area (Å²) in [5.74, 6) is -1.35. The van der Waals surface area contributed by atoms with Gasteiger partial charge in [-0.1, -0.05) is 0 Å². The van der Waals surface area contributed by atoms with E-state index in [1.165, 1.54) is 6.26 Å². The highest BCUT2D eigenvalue weighted by Crippen LogP contribution is 2.47. The topological polar surface area (TPSA) is 149 Å². The van der Waals surface area contributed by atoms with Gasteiger partial charge in [-0.2, -0.15) is 0 Å². The molecule has 9 nitrogen and oxygen atoms in total. The zero-order chi connectivity index (χ0) is 18.4. The third kappa shape index (κ3) is 3.29. The second-order valence-corrected chi connectivity index (χ2v) is 7.05. The third-order valence-corrected chi connectivity index (χ3v) is 5.66. The van der Waals surface area contributed by atoms with Crippen molar-refractivity contribution in [3.8, 4) is 0 Å². The van der Waals surface area contributed by atoms with Gasteiger partial charge in [-0.05, 0) is 6.08 Å².